The van der Waals surface area contributed by atoms with E-state index in [-0.39, 0.29) is 12.5 Å². The van der Waals surface area contributed by atoms with E-state index >= 15 is 0 Å². The van der Waals surface area contributed by atoms with Gasteiger partial charge in [0.15, 0.2) is 0 Å². The highest BCUT2D eigenvalue weighted by atomic mass is 16.2. The molecule has 5 heteroatoms. The molecule has 0 aliphatic carbocycles. The van der Waals surface area contributed by atoms with Gasteiger partial charge in [0.05, 0.1) is 24.1 Å². The van der Waals surface area contributed by atoms with E-state index in [9.17, 15) is 4.79 Å². The Balaban J connectivity index is 2.26. The fourth-order valence-corrected chi connectivity index (χ4v) is 1.85. The standard InChI is InChI=1S/C16H17N3O2/c1-12-6-7-13(5-3-4-8-20)15(9-12)16(21)18-14-10-17-19(2)11-14/h6-7,9-11,20H,4,8H2,1-2H3,(H,18,21). The van der Waals surface area contributed by atoms with Gasteiger partial charge in [0.2, 0.25) is 0 Å². The number of hydrogen-bond acceptors (Lipinski definition) is 3. The molecule has 1 heterocycles. The first-order valence-electron chi connectivity index (χ1n) is 6.60. The molecule has 1 aromatic heterocycles. The van der Waals surface area contributed by atoms with Crippen LogP contribution in [0.4, 0.5) is 5.69 Å². The molecular weight excluding hydrogens is 266 g/mol. The third-order valence-corrected chi connectivity index (χ3v) is 2.84. The number of aliphatic hydroxyl groups is 1. The predicted molar refractivity (Wildman–Crippen MR) is 80.9 cm³/mol. The molecule has 0 saturated heterocycles. The van der Waals surface area contributed by atoms with Crippen LogP contribution in [0.25, 0.3) is 0 Å². The Bertz CT molecular complexity index is 708. The van der Waals surface area contributed by atoms with Crippen molar-refractivity contribution in [2.75, 3.05) is 11.9 Å². The zero-order valence-electron chi connectivity index (χ0n) is 12.1. The summed E-state index contributed by atoms with van der Waals surface area (Å²) in [5.41, 5.74) is 2.79. The number of aliphatic hydroxyl groups excluding tert-OH is 1. The van der Waals surface area contributed by atoms with Crippen LogP contribution in [0, 0.1) is 18.8 Å². The summed E-state index contributed by atoms with van der Waals surface area (Å²) >= 11 is 0. The summed E-state index contributed by atoms with van der Waals surface area (Å²) in [5.74, 6) is 5.54. The van der Waals surface area contributed by atoms with Crippen molar-refractivity contribution in [3.8, 4) is 11.8 Å². The van der Waals surface area contributed by atoms with E-state index < -0.39 is 0 Å². The van der Waals surface area contributed by atoms with Crippen molar-refractivity contribution in [2.24, 2.45) is 7.05 Å². The molecule has 0 unspecified atom stereocenters. The van der Waals surface area contributed by atoms with Crippen LogP contribution in [0.5, 0.6) is 0 Å². The van der Waals surface area contributed by atoms with Crippen molar-refractivity contribution >= 4 is 11.6 Å². The maximum absolute atomic E-state index is 12.4. The normalized spacial score (nSPS) is 9.86. The van der Waals surface area contributed by atoms with Crippen LogP contribution >= 0.6 is 0 Å². The van der Waals surface area contributed by atoms with Crippen molar-refractivity contribution in [3.63, 3.8) is 0 Å². The summed E-state index contributed by atoms with van der Waals surface area (Å²) in [4.78, 5) is 12.4. The number of aromatic nitrogens is 2. The zero-order chi connectivity index (χ0) is 15.2. The quantitative estimate of drug-likeness (QED) is 0.843. The van der Waals surface area contributed by atoms with Crippen LogP contribution in [0.15, 0.2) is 30.6 Å². The molecule has 0 bridgehead atoms. The number of hydrogen-bond donors (Lipinski definition) is 2. The lowest BCUT2D eigenvalue weighted by Crippen LogP contribution is -2.13. The Labute approximate surface area is 123 Å². The van der Waals surface area contributed by atoms with Gasteiger partial charge in [-0.2, -0.15) is 5.10 Å². The highest BCUT2D eigenvalue weighted by molar-refractivity contribution is 6.06. The van der Waals surface area contributed by atoms with Gasteiger partial charge in [-0.3, -0.25) is 9.48 Å². The lowest BCUT2D eigenvalue weighted by molar-refractivity contribution is 0.102. The first-order chi connectivity index (χ1) is 10.1. The molecule has 2 N–H and O–H groups in total. The topological polar surface area (TPSA) is 67.2 Å². The second kappa shape index (κ2) is 6.73. The summed E-state index contributed by atoms with van der Waals surface area (Å²) in [6.07, 6.45) is 3.70. The van der Waals surface area contributed by atoms with Gasteiger partial charge in [0, 0.05) is 25.2 Å². The Morgan fingerprint density at radius 3 is 2.95 bits per heavy atom. The minimum absolute atomic E-state index is 0.01000. The summed E-state index contributed by atoms with van der Waals surface area (Å²) in [7, 11) is 1.79. The second-order valence-electron chi connectivity index (χ2n) is 4.68. The molecule has 21 heavy (non-hydrogen) atoms. The van der Waals surface area contributed by atoms with Gasteiger partial charge in [0.1, 0.15) is 0 Å². The van der Waals surface area contributed by atoms with Gasteiger partial charge in [0.25, 0.3) is 5.91 Å². The first kappa shape index (κ1) is 14.8. The van der Waals surface area contributed by atoms with Gasteiger partial charge >= 0.3 is 0 Å². The fourth-order valence-electron chi connectivity index (χ4n) is 1.85. The minimum atomic E-state index is -0.222. The highest BCUT2D eigenvalue weighted by Crippen LogP contribution is 2.14. The molecule has 2 aromatic rings. The first-order valence-corrected chi connectivity index (χ1v) is 6.60. The van der Waals surface area contributed by atoms with Gasteiger partial charge in [-0.25, -0.2) is 0 Å². The summed E-state index contributed by atoms with van der Waals surface area (Å²) < 4.78 is 1.62. The number of rotatable bonds is 3. The van der Waals surface area contributed by atoms with Crippen molar-refractivity contribution < 1.29 is 9.90 Å². The van der Waals surface area contributed by atoms with Crippen LogP contribution in [-0.4, -0.2) is 27.4 Å². The molecule has 108 valence electrons. The number of nitrogens with one attached hydrogen (secondary N) is 1. The monoisotopic (exact) mass is 283 g/mol. The average Bonchev–Trinajstić information content (AvgIpc) is 2.86. The smallest absolute Gasteiger partial charge is 0.257 e. The van der Waals surface area contributed by atoms with Gasteiger partial charge < -0.3 is 10.4 Å². The van der Waals surface area contributed by atoms with E-state index in [4.69, 9.17) is 5.11 Å². The van der Waals surface area contributed by atoms with Crippen LogP contribution in [0.2, 0.25) is 0 Å². The molecule has 1 amide bonds. The van der Waals surface area contributed by atoms with E-state index in [2.05, 4.69) is 22.3 Å². The Kier molecular flexibility index (Phi) is 4.75. The van der Waals surface area contributed by atoms with Crippen LogP contribution in [0.1, 0.15) is 27.9 Å². The largest absolute Gasteiger partial charge is 0.395 e. The number of carbonyl (C=O) groups excluding carboxylic acids is 1. The number of carbonyl (C=O) groups is 1. The second-order valence-corrected chi connectivity index (χ2v) is 4.68. The van der Waals surface area contributed by atoms with Crippen LogP contribution in [0.3, 0.4) is 0 Å². The molecule has 0 aliphatic rings. The SMILES string of the molecule is Cc1ccc(C#CCCO)c(C(=O)Nc2cnn(C)c2)c1. The molecule has 0 atom stereocenters. The van der Waals surface area contributed by atoms with Crippen molar-refractivity contribution in [1.29, 1.82) is 0 Å². The van der Waals surface area contributed by atoms with Gasteiger partial charge in [-0.05, 0) is 19.1 Å². The van der Waals surface area contributed by atoms with Crippen LogP contribution in [-0.2, 0) is 7.05 Å². The molecule has 0 fully saturated rings. The van der Waals surface area contributed by atoms with Crippen molar-refractivity contribution in [2.45, 2.75) is 13.3 Å². The van der Waals surface area contributed by atoms with E-state index in [1.54, 1.807) is 30.2 Å². The summed E-state index contributed by atoms with van der Waals surface area (Å²) in [6.45, 7) is 1.93. The minimum Gasteiger partial charge on any atom is -0.395 e. The maximum Gasteiger partial charge on any atom is 0.257 e. The molecule has 0 spiro atoms. The molecule has 0 saturated carbocycles. The predicted octanol–water partition coefficient (Wildman–Crippen LogP) is 1.71. The summed E-state index contributed by atoms with van der Waals surface area (Å²) in [5, 5.41) is 15.6. The van der Waals surface area contributed by atoms with Gasteiger partial charge in [-0.15, -0.1) is 0 Å². The Morgan fingerprint density at radius 2 is 2.29 bits per heavy atom. The Hall–Kier alpha value is -2.58. The molecule has 0 radical (unpaired) electrons. The van der Waals surface area contributed by atoms with Crippen LogP contribution < -0.4 is 5.32 Å². The Morgan fingerprint density at radius 1 is 1.48 bits per heavy atom. The van der Waals surface area contributed by atoms with Gasteiger partial charge in [-0.1, -0.05) is 23.5 Å². The van der Waals surface area contributed by atoms with Crippen molar-refractivity contribution in [1.82, 2.24) is 9.78 Å². The lowest BCUT2D eigenvalue weighted by atomic mass is 10.0. The number of benzene rings is 1. The molecule has 2 rings (SSSR count). The third-order valence-electron chi connectivity index (χ3n) is 2.84. The highest BCUT2D eigenvalue weighted by Gasteiger charge is 2.11. The number of aryl methyl sites for hydroxylation is 2. The molecular formula is C16H17N3O2. The molecule has 0 aliphatic heterocycles. The number of anilines is 1. The summed E-state index contributed by atoms with van der Waals surface area (Å²) in [6, 6.07) is 5.52. The van der Waals surface area contributed by atoms with E-state index in [0.717, 1.165) is 5.56 Å². The maximum atomic E-state index is 12.4. The number of amides is 1. The van der Waals surface area contributed by atoms with E-state index in [1.165, 1.54) is 0 Å². The van der Waals surface area contributed by atoms with E-state index in [1.807, 2.05) is 19.1 Å². The average molecular weight is 283 g/mol. The molecule has 5 nitrogen and oxygen atoms in total. The fraction of sp³-hybridized carbons (Fsp3) is 0.250. The van der Waals surface area contributed by atoms with E-state index in [0.29, 0.717) is 23.2 Å². The third kappa shape index (κ3) is 3.94. The lowest BCUT2D eigenvalue weighted by Gasteiger charge is -2.06. The van der Waals surface area contributed by atoms with Crippen molar-refractivity contribution in [3.05, 3.63) is 47.3 Å². The molecule has 1 aromatic carbocycles. The number of nitrogens with zero attached hydrogens (tertiary/aromatic N) is 2. The zero-order valence-corrected chi connectivity index (χ0v) is 12.1.